The van der Waals surface area contributed by atoms with Crippen molar-refractivity contribution in [2.45, 2.75) is 31.7 Å². The third-order valence-electron chi connectivity index (χ3n) is 1.79. The number of carbonyl (C=O) groups excluding carboxylic acids is 1. The van der Waals surface area contributed by atoms with Crippen molar-refractivity contribution in [2.75, 3.05) is 6.61 Å². The van der Waals surface area contributed by atoms with E-state index in [1.54, 1.807) is 0 Å². The number of ether oxygens (including phenoxy) is 1. The Morgan fingerprint density at radius 1 is 1.41 bits per heavy atom. The van der Waals surface area contributed by atoms with Crippen LogP contribution < -0.4 is 0 Å². The molecule has 0 saturated carbocycles. The molecule has 0 aromatic heterocycles. The van der Waals surface area contributed by atoms with Crippen LogP contribution >= 0.6 is 0 Å². The maximum atomic E-state index is 12.8. The SMILES string of the molecule is CC(C)C(=O)OCCC(F)C(F)(F)S(=O)(=O)[O-]. The standard InChI is InChI=1S/C8H13F3O5S/c1-5(2)7(12)16-4-3-6(9)8(10,11)17(13,14)15/h5-6H,3-4H2,1-2H3,(H,13,14,15)/p-1. The van der Waals surface area contributed by atoms with E-state index >= 15 is 0 Å². The minimum absolute atomic E-state index is 0.517. The summed E-state index contributed by atoms with van der Waals surface area (Å²) in [5.74, 6) is -1.25. The molecule has 9 heteroatoms. The van der Waals surface area contributed by atoms with Crippen LogP contribution in [-0.2, 0) is 19.6 Å². The van der Waals surface area contributed by atoms with Crippen LogP contribution in [0.1, 0.15) is 20.3 Å². The number of rotatable bonds is 6. The van der Waals surface area contributed by atoms with Gasteiger partial charge >= 0.3 is 11.2 Å². The quantitative estimate of drug-likeness (QED) is 0.535. The van der Waals surface area contributed by atoms with Gasteiger partial charge in [-0.15, -0.1) is 0 Å². The molecular weight excluding hydrogens is 265 g/mol. The second kappa shape index (κ2) is 5.67. The number of hydrogen-bond donors (Lipinski definition) is 0. The highest BCUT2D eigenvalue weighted by Crippen LogP contribution is 2.29. The van der Waals surface area contributed by atoms with Crippen molar-refractivity contribution >= 4 is 16.1 Å². The molecule has 0 bridgehead atoms. The van der Waals surface area contributed by atoms with Crippen LogP contribution in [0.25, 0.3) is 0 Å². The third kappa shape index (κ3) is 4.50. The predicted octanol–water partition coefficient (Wildman–Crippen LogP) is 1.05. The fraction of sp³-hybridized carbons (Fsp3) is 0.875. The van der Waals surface area contributed by atoms with Crippen molar-refractivity contribution in [1.82, 2.24) is 0 Å². The van der Waals surface area contributed by atoms with E-state index in [0.29, 0.717) is 0 Å². The molecule has 0 N–H and O–H groups in total. The first kappa shape index (κ1) is 16.2. The number of halogens is 3. The Kier molecular flexibility index (Phi) is 5.40. The van der Waals surface area contributed by atoms with E-state index in [9.17, 15) is 30.9 Å². The summed E-state index contributed by atoms with van der Waals surface area (Å²) in [6, 6.07) is 0. The molecule has 1 unspecified atom stereocenters. The summed E-state index contributed by atoms with van der Waals surface area (Å²) in [5.41, 5.74) is 0. The Hall–Kier alpha value is -0.830. The van der Waals surface area contributed by atoms with E-state index in [2.05, 4.69) is 4.74 Å². The van der Waals surface area contributed by atoms with Crippen molar-refractivity contribution in [3.63, 3.8) is 0 Å². The van der Waals surface area contributed by atoms with E-state index in [1.807, 2.05) is 0 Å². The highest BCUT2D eigenvalue weighted by Gasteiger charge is 2.47. The van der Waals surface area contributed by atoms with Crippen LogP contribution in [0.15, 0.2) is 0 Å². The minimum Gasteiger partial charge on any atom is -0.743 e. The molecule has 102 valence electrons. The summed E-state index contributed by atoms with van der Waals surface area (Å²) < 4.78 is 72.5. The monoisotopic (exact) mass is 277 g/mol. The molecule has 0 fully saturated rings. The average Bonchev–Trinajstić information content (AvgIpc) is 2.15. The van der Waals surface area contributed by atoms with Gasteiger partial charge in [-0.1, -0.05) is 13.8 Å². The number of esters is 1. The number of carbonyl (C=O) groups is 1. The fourth-order valence-electron chi connectivity index (χ4n) is 0.754. The lowest BCUT2D eigenvalue weighted by molar-refractivity contribution is -0.148. The topological polar surface area (TPSA) is 83.5 Å². The van der Waals surface area contributed by atoms with E-state index in [4.69, 9.17) is 0 Å². The van der Waals surface area contributed by atoms with Crippen LogP contribution in [0.2, 0.25) is 0 Å². The highest BCUT2D eigenvalue weighted by atomic mass is 32.2. The largest absolute Gasteiger partial charge is 0.743 e. The van der Waals surface area contributed by atoms with Gasteiger partial charge in [0.15, 0.2) is 16.3 Å². The summed E-state index contributed by atoms with van der Waals surface area (Å²) in [7, 11) is -6.07. The zero-order chi connectivity index (χ0) is 13.9. The Morgan fingerprint density at radius 2 is 1.88 bits per heavy atom. The maximum Gasteiger partial charge on any atom is 0.364 e. The molecule has 0 rings (SSSR count). The predicted molar refractivity (Wildman–Crippen MR) is 50.0 cm³/mol. The second-order valence-corrected chi connectivity index (χ2v) is 5.05. The maximum absolute atomic E-state index is 12.8. The van der Waals surface area contributed by atoms with E-state index in [-0.39, 0.29) is 0 Å². The molecule has 0 amide bonds. The lowest BCUT2D eigenvalue weighted by Gasteiger charge is -2.23. The molecule has 0 aliphatic heterocycles. The first-order valence-corrected chi connectivity index (χ1v) is 6.05. The van der Waals surface area contributed by atoms with Gasteiger partial charge in [-0.25, -0.2) is 12.8 Å². The van der Waals surface area contributed by atoms with Gasteiger partial charge in [0, 0.05) is 6.42 Å². The van der Waals surface area contributed by atoms with Crippen molar-refractivity contribution in [3.05, 3.63) is 0 Å². The smallest absolute Gasteiger partial charge is 0.364 e. The van der Waals surface area contributed by atoms with Gasteiger partial charge in [-0.05, 0) is 0 Å². The van der Waals surface area contributed by atoms with Crippen molar-refractivity contribution in [3.8, 4) is 0 Å². The summed E-state index contributed by atoms with van der Waals surface area (Å²) in [4.78, 5) is 10.9. The van der Waals surface area contributed by atoms with Gasteiger partial charge in [-0.2, -0.15) is 8.78 Å². The third-order valence-corrected chi connectivity index (χ3v) is 2.71. The lowest BCUT2D eigenvalue weighted by atomic mass is 10.2. The number of hydrogen-bond acceptors (Lipinski definition) is 5. The van der Waals surface area contributed by atoms with Gasteiger partial charge in [0.1, 0.15) is 0 Å². The normalized spacial score (nSPS) is 14.8. The van der Waals surface area contributed by atoms with Crippen LogP contribution in [0, 0.1) is 5.92 Å². The van der Waals surface area contributed by atoms with Gasteiger partial charge in [0.05, 0.1) is 12.5 Å². The molecule has 0 aromatic carbocycles. The molecule has 0 spiro atoms. The Morgan fingerprint density at radius 3 is 2.24 bits per heavy atom. The van der Waals surface area contributed by atoms with E-state index in [1.165, 1.54) is 13.8 Å². The van der Waals surface area contributed by atoms with E-state index < -0.39 is 46.5 Å². The summed E-state index contributed by atoms with van der Waals surface area (Å²) >= 11 is 0. The van der Waals surface area contributed by atoms with E-state index in [0.717, 1.165) is 0 Å². The fourth-order valence-corrected chi connectivity index (χ4v) is 1.19. The molecule has 5 nitrogen and oxygen atoms in total. The van der Waals surface area contributed by atoms with Gasteiger partial charge in [-0.3, -0.25) is 4.79 Å². The second-order valence-electron chi connectivity index (χ2n) is 3.59. The molecule has 0 aliphatic carbocycles. The van der Waals surface area contributed by atoms with Crippen molar-refractivity contribution < 1.29 is 35.7 Å². The van der Waals surface area contributed by atoms with Gasteiger partial charge in [0.2, 0.25) is 0 Å². The zero-order valence-corrected chi connectivity index (χ0v) is 9.97. The van der Waals surface area contributed by atoms with Crippen LogP contribution in [-0.4, -0.2) is 37.0 Å². The summed E-state index contributed by atoms with van der Waals surface area (Å²) in [6.45, 7) is 2.24. The molecule has 0 aliphatic rings. The van der Waals surface area contributed by atoms with Gasteiger partial charge < -0.3 is 9.29 Å². The molecule has 17 heavy (non-hydrogen) atoms. The lowest BCUT2D eigenvalue weighted by Crippen LogP contribution is -2.39. The highest BCUT2D eigenvalue weighted by molar-refractivity contribution is 7.86. The molecule has 0 aromatic rings. The first-order valence-electron chi connectivity index (χ1n) is 4.64. The first-order chi connectivity index (χ1) is 7.50. The average molecular weight is 277 g/mol. The Labute approximate surface area is 96.7 Å². The Bertz CT molecular complexity index is 365. The molecule has 0 saturated heterocycles. The minimum atomic E-state index is -6.07. The molecule has 0 radical (unpaired) electrons. The van der Waals surface area contributed by atoms with Crippen LogP contribution in [0.3, 0.4) is 0 Å². The molecule has 0 heterocycles. The summed E-state index contributed by atoms with van der Waals surface area (Å²) in [5, 5.41) is -5.02. The molecular formula is C8H12F3O5S-. The Balaban J connectivity index is 4.30. The van der Waals surface area contributed by atoms with Crippen molar-refractivity contribution in [1.29, 1.82) is 0 Å². The zero-order valence-electron chi connectivity index (χ0n) is 9.15. The molecule has 1 atom stereocenters. The summed E-state index contributed by atoms with van der Waals surface area (Å²) in [6.07, 6.45) is -4.27. The number of alkyl halides is 3. The van der Waals surface area contributed by atoms with Gasteiger partial charge in [0.25, 0.3) is 0 Å². The van der Waals surface area contributed by atoms with Crippen LogP contribution in [0.4, 0.5) is 13.2 Å². The van der Waals surface area contributed by atoms with Crippen LogP contribution in [0.5, 0.6) is 0 Å². The van der Waals surface area contributed by atoms with Crippen molar-refractivity contribution in [2.24, 2.45) is 5.92 Å².